The van der Waals surface area contributed by atoms with Crippen LogP contribution >= 0.6 is 0 Å². The third kappa shape index (κ3) is 4.78. The largest absolute Gasteiger partial charge is 0.465 e. The van der Waals surface area contributed by atoms with Gasteiger partial charge in [-0.15, -0.1) is 0 Å². The number of carbonyl (C=O) groups excluding carboxylic acids is 1. The summed E-state index contributed by atoms with van der Waals surface area (Å²) in [5.74, 6) is -8.13. The van der Waals surface area contributed by atoms with Gasteiger partial charge in [0.15, 0.2) is 0 Å². The van der Waals surface area contributed by atoms with Crippen molar-refractivity contribution in [3.63, 3.8) is 0 Å². The zero-order valence-electron chi connectivity index (χ0n) is 10.3. The van der Waals surface area contributed by atoms with Gasteiger partial charge in [0.1, 0.15) is 0 Å². The third-order valence-corrected chi connectivity index (χ3v) is 2.46. The van der Waals surface area contributed by atoms with E-state index in [0.717, 1.165) is 12.8 Å². The lowest BCUT2D eigenvalue weighted by Crippen LogP contribution is -2.45. The first-order valence-corrected chi connectivity index (χ1v) is 5.78. The Bertz CT molecular complexity index is 257. The number of ether oxygens (including phenoxy) is 1. The molecule has 0 aromatic carbocycles. The van der Waals surface area contributed by atoms with Crippen LogP contribution in [0.1, 0.15) is 39.5 Å². The van der Waals surface area contributed by atoms with Crippen molar-refractivity contribution in [2.45, 2.75) is 51.6 Å². The molecule has 0 aliphatic carbocycles. The van der Waals surface area contributed by atoms with E-state index in [1.165, 1.54) is 0 Å². The lowest BCUT2D eigenvalue weighted by atomic mass is 9.99. The van der Waals surface area contributed by atoms with Gasteiger partial charge in [-0.2, -0.15) is 22.0 Å². The van der Waals surface area contributed by atoms with Gasteiger partial charge in [0.2, 0.25) is 0 Å². The summed E-state index contributed by atoms with van der Waals surface area (Å²) in [5, 5.41) is 0. The van der Waals surface area contributed by atoms with Gasteiger partial charge in [-0.3, -0.25) is 0 Å². The topological polar surface area (TPSA) is 26.3 Å². The summed E-state index contributed by atoms with van der Waals surface area (Å²) in [6.45, 7) is 3.32. The first-order valence-electron chi connectivity index (χ1n) is 5.78. The average molecular weight is 276 g/mol. The fourth-order valence-corrected chi connectivity index (χ4v) is 1.53. The highest BCUT2D eigenvalue weighted by molar-refractivity contribution is 5.78. The van der Waals surface area contributed by atoms with Gasteiger partial charge in [0, 0.05) is 0 Å². The van der Waals surface area contributed by atoms with Crippen molar-refractivity contribution in [2.24, 2.45) is 5.92 Å². The van der Waals surface area contributed by atoms with Crippen LogP contribution < -0.4 is 0 Å². The minimum absolute atomic E-state index is 0.173. The first kappa shape index (κ1) is 17.1. The quantitative estimate of drug-likeness (QED) is 0.520. The molecule has 0 amide bonds. The predicted molar refractivity (Wildman–Crippen MR) is 55.3 cm³/mol. The number of carbonyl (C=O) groups is 1. The lowest BCUT2D eigenvalue weighted by molar-refractivity contribution is -0.280. The molecule has 18 heavy (non-hydrogen) atoms. The third-order valence-electron chi connectivity index (χ3n) is 2.46. The van der Waals surface area contributed by atoms with E-state index in [1.54, 1.807) is 0 Å². The van der Waals surface area contributed by atoms with Crippen molar-refractivity contribution in [3.05, 3.63) is 0 Å². The second-order valence-corrected chi connectivity index (χ2v) is 4.11. The van der Waals surface area contributed by atoms with Crippen molar-refractivity contribution in [1.82, 2.24) is 0 Å². The van der Waals surface area contributed by atoms with Crippen LogP contribution in [0.4, 0.5) is 22.0 Å². The van der Waals surface area contributed by atoms with Crippen molar-refractivity contribution >= 4 is 5.97 Å². The number of rotatable bonds is 7. The molecule has 7 heteroatoms. The molecule has 0 saturated heterocycles. The fraction of sp³-hybridized carbons (Fsp3) is 0.909. The monoisotopic (exact) mass is 276 g/mol. The van der Waals surface area contributed by atoms with Crippen molar-refractivity contribution in [2.75, 3.05) is 6.61 Å². The van der Waals surface area contributed by atoms with E-state index in [1.807, 2.05) is 13.8 Å². The standard InChI is InChI=1S/C11H17F5O2/c1-3-5-8(6-4-2)7-18-9(17)10(12,13)11(14,15)16/h8H,3-7H2,1-2H3. The summed E-state index contributed by atoms with van der Waals surface area (Å²) >= 11 is 0. The van der Waals surface area contributed by atoms with Gasteiger partial charge in [-0.05, 0) is 18.8 Å². The fourth-order valence-electron chi connectivity index (χ4n) is 1.53. The summed E-state index contributed by atoms with van der Waals surface area (Å²) in [6.07, 6.45) is -3.16. The van der Waals surface area contributed by atoms with Crippen LogP contribution in [-0.2, 0) is 9.53 Å². The Morgan fingerprint density at radius 3 is 1.83 bits per heavy atom. The highest BCUT2D eigenvalue weighted by Gasteiger charge is 2.64. The van der Waals surface area contributed by atoms with Crippen LogP contribution in [0.15, 0.2) is 0 Å². The molecule has 0 bridgehead atoms. The molecule has 0 atom stereocenters. The van der Waals surface area contributed by atoms with E-state index in [-0.39, 0.29) is 5.92 Å². The Balaban J connectivity index is 4.39. The minimum Gasteiger partial charge on any atom is -0.461 e. The number of hydrogen-bond donors (Lipinski definition) is 0. The lowest BCUT2D eigenvalue weighted by Gasteiger charge is -2.20. The maximum Gasteiger partial charge on any atom is 0.465 e. The molecule has 0 N–H and O–H groups in total. The predicted octanol–water partition coefficient (Wildman–Crippen LogP) is 3.94. The van der Waals surface area contributed by atoms with Gasteiger partial charge >= 0.3 is 18.1 Å². The average Bonchev–Trinajstić information content (AvgIpc) is 2.24. The summed E-state index contributed by atoms with van der Waals surface area (Å²) in [4.78, 5) is 10.7. The highest BCUT2D eigenvalue weighted by Crippen LogP contribution is 2.36. The zero-order chi connectivity index (χ0) is 14.4. The first-order chi connectivity index (χ1) is 8.16. The van der Waals surface area contributed by atoms with Crippen molar-refractivity contribution in [1.29, 1.82) is 0 Å². The van der Waals surface area contributed by atoms with E-state index in [0.29, 0.717) is 12.8 Å². The molecule has 0 radical (unpaired) electrons. The molecule has 0 aromatic heterocycles. The summed E-state index contributed by atoms with van der Waals surface area (Å²) in [5.41, 5.74) is 0. The Hall–Kier alpha value is -0.880. The molecule has 0 heterocycles. The molecule has 0 unspecified atom stereocenters. The Labute approximate surface area is 102 Å². The van der Waals surface area contributed by atoms with Gasteiger partial charge < -0.3 is 4.74 Å². The molecular weight excluding hydrogens is 259 g/mol. The van der Waals surface area contributed by atoms with Crippen LogP contribution in [0.5, 0.6) is 0 Å². The van der Waals surface area contributed by atoms with E-state index in [2.05, 4.69) is 4.74 Å². The van der Waals surface area contributed by atoms with Crippen LogP contribution in [0.2, 0.25) is 0 Å². The number of alkyl halides is 5. The molecule has 2 nitrogen and oxygen atoms in total. The number of hydrogen-bond acceptors (Lipinski definition) is 2. The summed E-state index contributed by atoms with van der Waals surface area (Å²) < 4.78 is 64.7. The van der Waals surface area contributed by atoms with Crippen LogP contribution in [0.3, 0.4) is 0 Å². The second-order valence-electron chi connectivity index (χ2n) is 4.11. The van der Waals surface area contributed by atoms with E-state index >= 15 is 0 Å². The zero-order valence-corrected chi connectivity index (χ0v) is 10.3. The van der Waals surface area contributed by atoms with Crippen LogP contribution in [0, 0.1) is 5.92 Å². The maximum atomic E-state index is 12.5. The SMILES string of the molecule is CCCC(CCC)COC(=O)C(F)(F)C(F)(F)F. The number of halogens is 5. The molecule has 0 saturated carbocycles. The van der Waals surface area contributed by atoms with Crippen LogP contribution in [-0.4, -0.2) is 24.7 Å². The van der Waals surface area contributed by atoms with E-state index in [9.17, 15) is 26.7 Å². The van der Waals surface area contributed by atoms with Gasteiger partial charge in [-0.1, -0.05) is 26.7 Å². The Morgan fingerprint density at radius 2 is 1.50 bits per heavy atom. The molecule has 0 fully saturated rings. The molecule has 108 valence electrons. The smallest absolute Gasteiger partial charge is 0.461 e. The summed E-state index contributed by atoms with van der Waals surface area (Å²) in [7, 11) is 0. The Morgan fingerprint density at radius 1 is 1.06 bits per heavy atom. The molecule has 0 aliphatic rings. The molecular formula is C11H17F5O2. The minimum atomic E-state index is -5.91. The highest BCUT2D eigenvalue weighted by atomic mass is 19.4. The van der Waals surface area contributed by atoms with Gasteiger partial charge in [0.25, 0.3) is 0 Å². The maximum absolute atomic E-state index is 12.5. The Kier molecular flexibility index (Phi) is 6.56. The molecule has 0 rings (SSSR count). The van der Waals surface area contributed by atoms with E-state index < -0.39 is 24.7 Å². The molecule has 0 spiro atoms. The van der Waals surface area contributed by atoms with Gasteiger partial charge in [0.05, 0.1) is 6.61 Å². The van der Waals surface area contributed by atoms with Crippen LogP contribution in [0.25, 0.3) is 0 Å². The van der Waals surface area contributed by atoms with E-state index in [4.69, 9.17) is 0 Å². The van der Waals surface area contributed by atoms with Crippen molar-refractivity contribution < 1.29 is 31.5 Å². The number of esters is 1. The van der Waals surface area contributed by atoms with Gasteiger partial charge in [-0.25, -0.2) is 4.79 Å². The second kappa shape index (κ2) is 6.89. The van der Waals surface area contributed by atoms with Crippen molar-refractivity contribution in [3.8, 4) is 0 Å². The summed E-state index contributed by atoms with van der Waals surface area (Å²) in [6, 6.07) is 0. The normalized spacial score (nSPS) is 12.9. The molecule has 0 aliphatic heterocycles. The molecule has 0 aromatic rings.